The first kappa shape index (κ1) is 15.9. The molecule has 0 amide bonds. The fourth-order valence-electron chi connectivity index (χ4n) is 1.99. The van der Waals surface area contributed by atoms with Crippen LogP contribution in [0, 0.1) is 0 Å². The molecule has 6 heteroatoms. The average molecular weight is 327 g/mol. The third-order valence-corrected chi connectivity index (χ3v) is 3.68. The molecule has 21 heavy (non-hydrogen) atoms. The van der Waals surface area contributed by atoms with Gasteiger partial charge in [0.05, 0.1) is 19.8 Å². The molecule has 0 fully saturated rings. The second kappa shape index (κ2) is 6.96. The maximum atomic E-state index is 6.22. The number of hydrogen-bond donors (Lipinski definition) is 0. The summed E-state index contributed by atoms with van der Waals surface area (Å²) in [6.45, 7) is 2.05. The standard InChI is InChI=1S/C15H16Cl2N2O2/c1-4-5-11-13(16)18-15(19-14(11)17)10-7-6-9(20-2)8-12(10)21-3/h6-8H,4-5H2,1-3H3. The zero-order chi connectivity index (χ0) is 15.4. The maximum Gasteiger partial charge on any atom is 0.166 e. The lowest BCUT2D eigenvalue weighted by Crippen LogP contribution is -1.99. The normalized spacial score (nSPS) is 10.5. The van der Waals surface area contributed by atoms with Crippen LogP contribution in [-0.2, 0) is 6.42 Å². The molecule has 1 heterocycles. The third-order valence-electron chi connectivity index (χ3n) is 3.06. The minimum atomic E-state index is 0.379. The lowest BCUT2D eigenvalue weighted by atomic mass is 10.1. The van der Waals surface area contributed by atoms with E-state index in [4.69, 9.17) is 32.7 Å². The van der Waals surface area contributed by atoms with Crippen LogP contribution in [0.25, 0.3) is 11.4 Å². The van der Waals surface area contributed by atoms with Gasteiger partial charge in [0.15, 0.2) is 5.82 Å². The number of ether oxygens (including phenoxy) is 2. The highest BCUT2D eigenvalue weighted by Gasteiger charge is 2.15. The Labute approximate surface area is 134 Å². The van der Waals surface area contributed by atoms with Crippen LogP contribution in [0.15, 0.2) is 18.2 Å². The monoisotopic (exact) mass is 326 g/mol. The van der Waals surface area contributed by atoms with Gasteiger partial charge in [-0.2, -0.15) is 0 Å². The number of halogens is 2. The molecule has 0 aliphatic heterocycles. The zero-order valence-electron chi connectivity index (χ0n) is 12.1. The molecule has 0 aliphatic rings. The van der Waals surface area contributed by atoms with Crippen LogP contribution in [0.2, 0.25) is 10.3 Å². The number of benzene rings is 1. The summed E-state index contributed by atoms with van der Waals surface area (Å²) in [5.41, 5.74) is 1.49. The Morgan fingerprint density at radius 3 is 2.24 bits per heavy atom. The lowest BCUT2D eigenvalue weighted by molar-refractivity contribution is 0.395. The Kier molecular flexibility index (Phi) is 5.26. The molecule has 2 rings (SSSR count). The molecule has 0 N–H and O–H groups in total. The molecule has 0 saturated heterocycles. The minimum absolute atomic E-state index is 0.379. The number of rotatable bonds is 5. The van der Waals surface area contributed by atoms with Gasteiger partial charge in [-0.25, -0.2) is 9.97 Å². The molecular formula is C15H16Cl2N2O2. The Balaban J connectivity index is 2.52. The highest BCUT2D eigenvalue weighted by atomic mass is 35.5. The summed E-state index contributed by atoms with van der Waals surface area (Å²) < 4.78 is 10.5. The molecule has 0 unspecified atom stereocenters. The van der Waals surface area contributed by atoms with Crippen molar-refractivity contribution in [1.82, 2.24) is 9.97 Å². The van der Waals surface area contributed by atoms with Crippen LogP contribution in [0.4, 0.5) is 0 Å². The summed E-state index contributed by atoms with van der Waals surface area (Å²) in [7, 11) is 3.17. The molecule has 112 valence electrons. The molecule has 4 nitrogen and oxygen atoms in total. The number of nitrogens with zero attached hydrogens (tertiary/aromatic N) is 2. The van der Waals surface area contributed by atoms with Crippen molar-refractivity contribution in [3.05, 3.63) is 34.1 Å². The molecule has 2 aromatic rings. The Morgan fingerprint density at radius 2 is 1.71 bits per heavy atom. The minimum Gasteiger partial charge on any atom is -0.497 e. The van der Waals surface area contributed by atoms with E-state index in [0.29, 0.717) is 33.2 Å². The van der Waals surface area contributed by atoms with E-state index >= 15 is 0 Å². The van der Waals surface area contributed by atoms with Crippen molar-refractivity contribution < 1.29 is 9.47 Å². The van der Waals surface area contributed by atoms with Gasteiger partial charge in [-0.15, -0.1) is 0 Å². The molecule has 0 atom stereocenters. The first-order chi connectivity index (χ1) is 10.1. The van der Waals surface area contributed by atoms with Crippen LogP contribution in [0.1, 0.15) is 18.9 Å². The summed E-state index contributed by atoms with van der Waals surface area (Å²) in [4.78, 5) is 8.67. The van der Waals surface area contributed by atoms with Crippen molar-refractivity contribution in [1.29, 1.82) is 0 Å². The number of methoxy groups -OCH3 is 2. The summed E-state index contributed by atoms with van der Waals surface area (Å²) in [5, 5.41) is 0.759. The van der Waals surface area contributed by atoms with Crippen LogP contribution >= 0.6 is 23.2 Å². The maximum absolute atomic E-state index is 6.22. The van der Waals surface area contributed by atoms with Crippen LogP contribution in [0.5, 0.6) is 11.5 Å². The van der Waals surface area contributed by atoms with Gasteiger partial charge in [0, 0.05) is 11.6 Å². The number of aromatic nitrogens is 2. The van der Waals surface area contributed by atoms with E-state index in [1.807, 2.05) is 19.1 Å². The van der Waals surface area contributed by atoms with Crippen molar-refractivity contribution in [3.8, 4) is 22.9 Å². The Hall–Kier alpha value is -1.52. The predicted octanol–water partition coefficient (Wildman–Crippen LogP) is 4.42. The highest BCUT2D eigenvalue weighted by Crippen LogP contribution is 2.34. The quantitative estimate of drug-likeness (QED) is 0.763. The average Bonchev–Trinajstić information content (AvgIpc) is 2.50. The molecule has 1 aromatic carbocycles. The summed E-state index contributed by atoms with van der Waals surface area (Å²) in [6.07, 6.45) is 1.67. The lowest BCUT2D eigenvalue weighted by Gasteiger charge is -2.11. The Bertz CT molecular complexity index is 625. The second-order valence-electron chi connectivity index (χ2n) is 4.42. The largest absolute Gasteiger partial charge is 0.497 e. The highest BCUT2D eigenvalue weighted by molar-refractivity contribution is 6.34. The molecule has 0 spiro atoms. The molecule has 0 aliphatic carbocycles. The van der Waals surface area contributed by atoms with E-state index in [1.165, 1.54) is 0 Å². The van der Waals surface area contributed by atoms with E-state index in [9.17, 15) is 0 Å². The third kappa shape index (κ3) is 3.39. The van der Waals surface area contributed by atoms with Crippen molar-refractivity contribution in [2.45, 2.75) is 19.8 Å². The van der Waals surface area contributed by atoms with Gasteiger partial charge in [-0.05, 0) is 18.6 Å². The summed E-state index contributed by atoms with van der Waals surface area (Å²) in [5.74, 6) is 1.73. The van der Waals surface area contributed by atoms with E-state index in [2.05, 4.69) is 9.97 Å². The van der Waals surface area contributed by atoms with Crippen LogP contribution < -0.4 is 9.47 Å². The fraction of sp³-hybridized carbons (Fsp3) is 0.333. The van der Waals surface area contributed by atoms with E-state index in [-0.39, 0.29) is 0 Å². The summed E-state index contributed by atoms with van der Waals surface area (Å²) >= 11 is 12.4. The van der Waals surface area contributed by atoms with Crippen LogP contribution in [-0.4, -0.2) is 24.2 Å². The Morgan fingerprint density at radius 1 is 1.05 bits per heavy atom. The molecule has 0 radical (unpaired) electrons. The van der Waals surface area contributed by atoms with Gasteiger partial charge in [0.2, 0.25) is 0 Å². The molecule has 0 saturated carbocycles. The van der Waals surface area contributed by atoms with Gasteiger partial charge < -0.3 is 9.47 Å². The fourth-order valence-corrected chi connectivity index (χ4v) is 2.57. The van der Waals surface area contributed by atoms with Gasteiger partial charge in [0.25, 0.3) is 0 Å². The smallest absolute Gasteiger partial charge is 0.166 e. The van der Waals surface area contributed by atoms with Crippen molar-refractivity contribution in [3.63, 3.8) is 0 Å². The van der Waals surface area contributed by atoms with Crippen molar-refractivity contribution >= 4 is 23.2 Å². The van der Waals surface area contributed by atoms with Crippen molar-refractivity contribution in [2.24, 2.45) is 0 Å². The van der Waals surface area contributed by atoms with Crippen LogP contribution in [0.3, 0.4) is 0 Å². The van der Waals surface area contributed by atoms with Gasteiger partial charge in [-0.3, -0.25) is 0 Å². The zero-order valence-corrected chi connectivity index (χ0v) is 13.6. The number of hydrogen-bond acceptors (Lipinski definition) is 4. The molecular weight excluding hydrogens is 311 g/mol. The van der Waals surface area contributed by atoms with Gasteiger partial charge in [-0.1, -0.05) is 36.5 Å². The van der Waals surface area contributed by atoms with Gasteiger partial charge in [0.1, 0.15) is 21.8 Å². The molecule has 0 bridgehead atoms. The topological polar surface area (TPSA) is 44.2 Å². The first-order valence-corrected chi connectivity index (χ1v) is 7.30. The predicted molar refractivity (Wildman–Crippen MR) is 84.6 cm³/mol. The van der Waals surface area contributed by atoms with Crippen molar-refractivity contribution in [2.75, 3.05) is 14.2 Å². The van der Waals surface area contributed by atoms with E-state index in [0.717, 1.165) is 18.4 Å². The first-order valence-electron chi connectivity index (χ1n) is 6.55. The second-order valence-corrected chi connectivity index (χ2v) is 5.14. The SMILES string of the molecule is CCCc1c(Cl)nc(-c2ccc(OC)cc2OC)nc1Cl. The van der Waals surface area contributed by atoms with E-state index in [1.54, 1.807) is 20.3 Å². The summed E-state index contributed by atoms with van der Waals surface area (Å²) in [6, 6.07) is 5.39. The molecule has 1 aromatic heterocycles. The van der Waals surface area contributed by atoms with Gasteiger partial charge >= 0.3 is 0 Å². The van der Waals surface area contributed by atoms with E-state index < -0.39 is 0 Å².